The highest BCUT2D eigenvalue weighted by Gasteiger charge is 2.32. The van der Waals surface area contributed by atoms with Gasteiger partial charge in [0.25, 0.3) is 0 Å². The normalized spacial score (nSPS) is 16.3. The average molecular weight is 314 g/mol. The second-order valence-electron chi connectivity index (χ2n) is 5.18. The lowest BCUT2D eigenvalue weighted by Crippen LogP contribution is -2.21. The molecule has 0 saturated heterocycles. The molecular weight excluding hydrogens is 296 g/mol. The molecule has 0 radical (unpaired) electrons. The van der Waals surface area contributed by atoms with E-state index in [1.807, 2.05) is 24.3 Å². The molecule has 5 heteroatoms. The Hall–Kier alpha value is -2.69. The summed E-state index contributed by atoms with van der Waals surface area (Å²) in [6, 6.07) is 10.9. The zero-order valence-corrected chi connectivity index (χ0v) is 13.3. The lowest BCUT2D eigenvalue weighted by molar-refractivity contribution is 0.0841. The molecule has 0 aromatic heterocycles. The number of para-hydroxylation sites is 1. The van der Waals surface area contributed by atoms with E-state index < -0.39 is 6.10 Å². The number of rotatable bonds is 4. The molecule has 2 aromatic carbocycles. The van der Waals surface area contributed by atoms with E-state index in [2.05, 4.69) is 0 Å². The lowest BCUT2D eigenvalue weighted by Gasteiger charge is -2.27. The SMILES string of the molecule is COc1cc(OC)c2c(c1)OC(c1ccccc1OC)CC2=O. The second kappa shape index (κ2) is 6.20. The van der Waals surface area contributed by atoms with E-state index in [1.54, 1.807) is 26.4 Å². The van der Waals surface area contributed by atoms with Crippen LogP contribution in [0.3, 0.4) is 0 Å². The molecule has 1 atom stereocenters. The maximum atomic E-state index is 12.6. The van der Waals surface area contributed by atoms with Gasteiger partial charge in [0.1, 0.15) is 34.7 Å². The predicted octanol–water partition coefficient (Wildman–Crippen LogP) is 3.42. The first kappa shape index (κ1) is 15.2. The van der Waals surface area contributed by atoms with E-state index in [1.165, 1.54) is 7.11 Å². The first-order valence-corrected chi connectivity index (χ1v) is 7.26. The van der Waals surface area contributed by atoms with Crippen LogP contribution in [-0.4, -0.2) is 27.1 Å². The summed E-state index contributed by atoms with van der Waals surface area (Å²) in [6.07, 6.45) is -0.168. The van der Waals surface area contributed by atoms with Crippen molar-refractivity contribution in [2.75, 3.05) is 21.3 Å². The van der Waals surface area contributed by atoms with Gasteiger partial charge in [0.05, 0.1) is 27.8 Å². The molecule has 1 aliphatic rings. The number of benzene rings is 2. The fraction of sp³-hybridized carbons (Fsp3) is 0.278. The number of carbonyl (C=O) groups excluding carboxylic acids is 1. The Morgan fingerprint density at radius 1 is 1.00 bits per heavy atom. The van der Waals surface area contributed by atoms with Gasteiger partial charge >= 0.3 is 0 Å². The molecule has 120 valence electrons. The zero-order chi connectivity index (χ0) is 16.4. The van der Waals surface area contributed by atoms with Crippen LogP contribution < -0.4 is 18.9 Å². The highest BCUT2D eigenvalue weighted by atomic mass is 16.5. The predicted molar refractivity (Wildman–Crippen MR) is 84.9 cm³/mol. The van der Waals surface area contributed by atoms with Gasteiger partial charge in [-0.1, -0.05) is 18.2 Å². The topological polar surface area (TPSA) is 54.0 Å². The van der Waals surface area contributed by atoms with Gasteiger partial charge in [-0.15, -0.1) is 0 Å². The maximum Gasteiger partial charge on any atom is 0.174 e. The van der Waals surface area contributed by atoms with Crippen molar-refractivity contribution in [3.8, 4) is 23.0 Å². The van der Waals surface area contributed by atoms with E-state index in [-0.39, 0.29) is 12.2 Å². The van der Waals surface area contributed by atoms with Crippen LogP contribution in [0.15, 0.2) is 36.4 Å². The number of fused-ring (bicyclic) bond motifs is 1. The van der Waals surface area contributed by atoms with Crippen LogP contribution >= 0.6 is 0 Å². The highest BCUT2D eigenvalue weighted by Crippen LogP contribution is 2.43. The summed E-state index contributed by atoms with van der Waals surface area (Å²) < 4.78 is 22.0. The fourth-order valence-corrected chi connectivity index (χ4v) is 2.78. The van der Waals surface area contributed by atoms with Gasteiger partial charge in [0.2, 0.25) is 0 Å². The summed E-state index contributed by atoms with van der Waals surface area (Å²) in [5.41, 5.74) is 1.30. The third-order valence-corrected chi connectivity index (χ3v) is 3.90. The van der Waals surface area contributed by atoms with Crippen molar-refractivity contribution >= 4 is 5.78 Å². The van der Waals surface area contributed by atoms with Gasteiger partial charge in [0, 0.05) is 17.7 Å². The first-order chi connectivity index (χ1) is 11.2. The minimum Gasteiger partial charge on any atom is -0.496 e. The second-order valence-corrected chi connectivity index (χ2v) is 5.18. The Labute approximate surface area is 134 Å². The van der Waals surface area contributed by atoms with Gasteiger partial charge < -0.3 is 18.9 Å². The molecule has 0 spiro atoms. The van der Waals surface area contributed by atoms with E-state index in [0.29, 0.717) is 28.6 Å². The van der Waals surface area contributed by atoms with Crippen molar-refractivity contribution in [1.82, 2.24) is 0 Å². The van der Waals surface area contributed by atoms with Crippen molar-refractivity contribution in [2.45, 2.75) is 12.5 Å². The van der Waals surface area contributed by atoms with Crippen LogP contribution in [0.5, 0.6) is 23.0 Å². The zero-order valence-electron chi connectivity index (χ0n) is 13.3. The van der Waals surface area contributed by atoms with Crippen LogP contribution in [0, 0.1) is 0 Å². The largest absolute Gasteiger partial charge is 0.496 e. The monoisotopic (exact) mass is 314 g/mol. The third-order valence-electron chi connectivity index (χ3n) is 3.90. The first-order valence-electron chi connectivity index (χ1n) is 7.26. The van der Waals surface area contributed by atoms with Crippen molar-refractivity contribution in [3.63, 3.8) is 0 Å². The molecule has 1 unspecified atom stereocenters. The summed E-state index contributed by atoms with van der Waals surface area (Å²) in [4.78, 5) is 12.6. The minimum absolute atomic E-state index is 0.0262. The molecule has 0 aliphatic carbocycles. The summed E-state index contributed by atoms with van der Waals surface area (Å²) in [6.45, 7) is 0. The highest BCUT2D eigenvalue weighted by molar-refractivity contribution is 6.03. The molecule has 0 fully saturated rings. The molecule has 2 aromatic rings. The Kier molecular flexibility index (Phi) is 4.10. The van der Waals surface area contributed by atoms with Gasteiger partial charge in [-0.2, -0.15) is 0 Å². The molecule has 3 rings (SSSR count). The smallest absolute Gasteiger partial charge is 0.174 e. The molecule has 0 bridgehead atoms. The third kappa shape index (κ3) is 2.70. The van der Waals surface area contributed by atoms with E-state index in [4.69, 9.17) is 18.9 Å². The average Bonchev–Trinajstić information content (AvgIpc) is 2.60. The number of ether oxygens (including phenoxy) is 4. The molecule has 5 nitrogen and oxygen atoms in total. The number of methoxy groups -OCH3 is 3. The Bertz CT molecular complexity index is 738. The van der Waals surface area contributed by atoms with Gasteiger partial charge in [-0.05, 0) is 6.07 Å². The van der Waals surface area contributed by atoms with Crippen molar-refractivity contribution < 1.29 is 23.7 Å². The van der Waals surface area contributed by atoms with Crippen molar-refractivity contribution in [1.29, 1.82) is 0 Å². The van der Waals surface area contributed by atoms with E-state index >= 15 is 0 Å². The van der Waals surface area contributed by atoms with E-state index in [0.717, 1.165) is 5.56 Å². The number of Topliss-reactive ketones (excluding diaryl/α,β-unsaturated/α-hetero) is 1. The Balaban J connectivity index is 2.05. The summed E-state index contributed by atoms with van der Waals surface area (Å²) >= 11 is 0. The van der Waals surface area contributed by atoms with Crippen LogP contribution in [0.1, 0.15) is 28.4 Å². The van der Waals surface area contributed by atoms with Gasteiger partial charge in [-0.3, -0.25) is 4.79 Å². The molecule has 1 heterocycles. The van der Waals surface area contributed by atoms with Gasteiger partial charge in [-0.25, -0.2) is 0 Å². The summed E-state index contributed by atoms with van der Waals surface area (Å²) in [7, 11) is 4.68. The van der Waals surface area contributed by atoms with Gasteiger partial charge in [0.15, 0.2) is 5.78 Å². The van der Waals surface area contributed by atoms with E-state index in [9.17, 15) is 4.79 Å². The molecule has 23 heavy (non-hydrogen) atoms. The molecule has 0 N–H and O–H groups in total. The Morgan fingerprint density at radius 2 is 1.74 bits per heavy atom. The lowest BCUT2D eigenvalue weighted by atomic mass is 9.95. The molecule has 0 saturated carbocycles. The fourth-order valence-electron chi connectivity index (χ4n) is 2.78. The molecular formula is C18H18O5. The van der Waals surface area contributed by atoms with Crippen LogP contribution in [-0.2, 0) is 0 Å². The van der Waals surface area contributed by atoms with Crippen LogP contribution in [0.2, 0.25) is 0 Å². The molecule has 0 amide bonds. The molecule has 1 aliphatic heterocycles. The quantitative estimate of drug-likeness (QED) is 0.865. The maximum absolute atomic E-state index is 12.6. The number of carbonyl (C=O) groups is 1. The summed E-state index contributed by atoms with van der Waals surface area (Å²) in [5.74, 6) is 2.18. The number of hydrogen-bond acceptors (Lipinski definition) is 5. The van der Waals surface area contributed by atoms with Crippen molar-refractivity contribution in [2.24, 2.45) is 0 Å². The number of ketones is 1. The number of hydrogen-bond donors (Lipinski definition) is 0. The van der Waals surface area contributed by atoms with Crippen LogP contribution in [0.25, 0.3) is 0 Å². The standard InChI is InChI=1S/C18H18O5/c1-20-11-8-16(22-3)18-13(19)10-15(23-17(18)9-11)12-6-4-5-7-14(12)21-2/h4-9,15H,10H2,1-3H3. The summed E-state index contributed by atoms with van der Waals surface area (Å²) in [5, 5.41) is 0. The minimum atomic E-state index is -0.400. The van der Waals surface area contributed by atoms with Crippen LogP contribution in [0.4, 0.5) is 0 Å². The van der Waals surface area contributed by atoms with Crippen molar-refractivity contribution in [3.05, 3.63) is 47.5 Å². The Morgan fingerprint density at radius 3 is 2.43 bits per heavy atom.